The predicted octanol–water partition coefficient (Wildman–Crippen LogP) is 2.28. The molecule has 1 aliphatic rings. The van der Waals surface area contributed by atoms with Crippen LogP contribution in [0, 0.1) is 0 Å². The van der Waals surface area contributed by atoms with Crippen molar-refractivity contribution >= 4 is 22.5 Å². The van der Waals surface area contributed by atoms with Crippen molar-refractivity contribution in [2.75, 3.05) is 31.5 Å². The summed E-state index contributed by atoms with van der Waals surface area (Å²) in [5, 5.41) is 8.63. The average molecular weight is 255 g/mol. The molecule has 2 aromatic rings. The fourth-order valence-electron chi connectivity index (χ4n) is 2.36. The fourth-order valence-corrected chi connectivity index (χ4v) is 2.36. The van der Waals surface area contributed by atoms with Crippen LogP contribution >= 0.6 is 0 Å². The minimum atomic E-state index is 0.0420. The Hall–Kier alpha value is -2.23. The number of anilines is 1. The maximum Gasteiger partial charge on any atom is 0.317 e. The van der Waals surface area contributed by atoms with E-state index < -0.39 is 0 Å². The molecule has 1 fully saturated rings. The van der Waals surface area contributed by atoms with Crippen LogP contribution in [0.15, 0.2) is 42.5 Å². The minimum absolute atomic E-state index is 0.0420. The van der Waals surface area contributed by atoms with Gasteiger partial charge in [0.15, 0.2) is 0 Å². The molecule has 1 heterocycles. The van der Waals surface area contributed by atoms with E-state index in [9.17, 15) is 4.79 Å². The van der Waals surface area contributed by atoms with Gasteiger partial charge < -0.3 is 15.5 Å². The van der Waals surface area contributed by atoms with E-state index in [0.717, 1.165) is 31.9 Å². The first-order valence-corrected chi connectivity index (χ1v) is 6.58. The lowest BCUT2D eigenvalue weighted by Gasteiger charge is -2.15. The van der Waals surface area contributed by atoms with Crippen LogP contribution in [0.2, 0.25) is 0 Å². The number of fused-ring (bicyclic) bond motifs is 1. The van der Waals surface area contributed by atoms with Crippen LogP contribution in [0.4, 0.5) is 10.5 Å². The Balaban J connectivity index is 1.60. The monoisotopic (exact) mass is 255 g/mol. The molecule has 0 saturated carbocycles. The molecular formula is C15H17N3O. The Kier molecular flexibility index (Phi) is 3.23. The largest absolute Gasteiger partial charge is 0.383 e. The smallest absolute Gasteiger partial charge is 0.317 e. The van der Waals surface area contributed by atoms with E-state index in [1.54, 1.807) is 0 Å². The minimum Gasteiger partial charge on any atom is -0.383 e. The van der Waals surface area contributed by atoms with E-state index in [1.165, 1.54) is 10.8 Å². The molecule has 2 aromatic carbocycles. The highest BCUT2D eigenvalue weighted by atomic mass is 16.2. The number of carbonyl (C=O) groups excluding carboxylic acids is 1. The van der Waals surface area contributed by atoms with Gasteiger partial charge in [0, 0.05) is 31.9 Å². The summed E-state index contributed by atoms with van der Waals surface area (Å²) in [5.74, 6) is 0. The molecule has 1 aliphatic heterocycles. The summed E-state index contributed by atoms with van der Waals surface area (Å²) in [6.07, 6.45) is 0. The second-order valence-corrected chi connectivity index (χ2v) is 4.71. The molecule has 2 N–H and O–H groups in total. The van der Waals surface area contributed by atoms with Gasteiger partial charge in [-0.15, -0.1) is 0 Å². The molecule has 98 valence electrons. The fraction of sp³-hybridized carbons (Fsp3) is 0.267. The Bertz CT molecular complexity index is 597. The molecule has 2 amide bonds. The van der Waals surface area contributed by atoms with Gasteiger partial charge in [-0.05, 0) is 22.9 Å². The van der Waals surface area contributed by atoms with E-state index in [4.69, 9.17) is 0 Å². The lowest BCUT2D eigenvalue weighted by molar-refractivity contribution is 0.219. The van der Waals surface area contributed by atoms with Crippen molar-refractivity contribution in [3.63, 3.8) is 0 Å². The molecule has 4 nitrogen and oxygen atoms in total. The zero-order chi connectivity index (χ0) is 13.1. The summed E-state index contributed by atoms with van der Waals surface area (Å²) >= 11 is 0. The number of nitrogens with zero attached hydrogens (tertiary/aromatic N) is 1. The van der Waals surface area contributed by atoms with Gasteiger partial charge in [0.1, 0.15) is 0 Å². The van der Waals surface area contributed by atoms with Crippen LogP contribution in [-0.4, -0.2) is 37.1 Å². The lowest BCUT2D eigenvalue weighted by Crippen LogP contribution is -2.32. The Labute approximate surface area is 112 Å². The van der Waals surface area contributed by atoms with Crippen molar-refractivity contribution < 1.29 is 4.79 Å². The second kappa shape index (κ2) is 5.18. The first-order valence-electron chi connectivity index (χ1n) is 6.58. The number of benzene rings is 2. The molecule has 0 bridgehead atoms. The normalized spacial score (nSPS) is 14.7. The van der Waals surface area contributed by atoms with Gasteiger partial charge in [0.25, 0.3) is 0 Å². The summed E-state index contributed by atoms with van der Waals surface area (Å²) < 4.78 is 0. The molecule has 19 heavy (non-hydrogen) atoms. The van der Waals surface area contributed by atoms with Crippen LogP contribution in [-0.2, 0) is 0 Å². The van der Waals surface area contributed by atoms with Crippen molar-refractivity contribution in [2.24, 2.45) is 0 Å². The third-order valence-corrected chi connectivity index (χ3v) is 3.41. The zero-order valence-corrected chi connectivity index (χ0v) is 10.7. The third-order valence-electron chi connectivity index (χ3n) is 3.41. The van der Waals surface area contributed by atoms with E-state index in [-0.39, 0.29) is 6.03 Å². The standard InChI is InChI=1S/C15H17N3O/c19-15-17-8-10-18(15)9-7-16-14-6-5-12-3-1-2-4-13(12)11-14/h1-6,11,16H,7-10H2,(H,17,19). The maximum absolute atomic E-state index is 11.4. The van der Waals surface area contributed by atoms with Crippen LogP contribution in [0.25, 0.3) is 10.8 Å². The molecule has 1 saturated heterocycles. The van der Waals surface area contributed by atoms with Crippen molar-refractivity contribution in [2.45, 2.75) is 0 Å². The molecule has 0 aromatic heterocycles. The molecule has 0 spiro atoms. The molecule has 0 unspecified atom stereocenters. The summed E-state index contributed by atoms with van der Waals surface area (Å²) in [4.78, 5) is 13.2. The van der Waals surface area contributed by atoms with Gasteiger partial charge in [-0.1, -0.05) is 30.3 Å². The number of hydrogen-bond donors (Lipinski definition) is 2. The van der Waals surface area contributed by atoms with Crippen molar-refractivity contribution in [1.82, 2.24) is 10.2 Å². The first kappa shape index (κ1) is 11.8. The number of rotatable bonds is 4. The third kappa shape index (κ3) is 2.62. The molecule has 3 rings (SSSR count). The predicted molar refractivity (Wildman–Crippen MR) is 77.4 cm³/mol. The van der Waals surface area contributed by atoms with Crippen molar-refractivity contribution in [1.29, 1.82) is 0 Å². The van der Waals surface area contributed by atoms with E-state index >= 15 is 0 Å². The Morgan fingerprint density at radius 2 is 2.00 bits per heavy atom. The van der Waals surface area contributed by atoms with Crippen molar-refractivity contribution in [3.05, 3.63) is 42.5 Å². The number of nitrogens with one attached hydrogen (secondary N) is 2. The molecule has 0 aliphatic carbocycles. The highest BCUT2D eigenvalue weighted by Gasteiger charge is 2.18. The van der Waals surface area contributed by atoms with E-state index in [2.05, 4.69) is 41.0 Å². The summed E-state index contributed by atoms with van der Waals surface area (Å²) in [6, 6.07) is 14.7. The topological polar surface area (TPSA) is 44.4 Å². The van der Waals surface area contributed by atoms with Crippen LogP contribution < -0.4 is 10.6 Å². The Morgan fingerprint density at radius 3 is 2.79 bits per heavy atom. The van der Waals surface area contributed by atoms with E-state index in [0.29, 0.717) is 0 Å². The number of carbonyl (C=O) groups is 1. The first-order chi connectivity index (χ1) is 9.33. The van der Waals surface area contributed by atoms with Gasteiger partial charge in [0.05, 0.1) is 0 Å². The molecule has 4 heteroatoms. The maximum atomic E-state index is 11.4. The van der Waals surface area contributed by atoms with Crippen molar-refractivity contribution in [3.8, 4) is 0 Å². The quantitative estimate of drug-likeness (QED) is 0.880. The summed E-state index contributed by atoms with van der Waals surface area (Å²) in [6.45, 7) is 3.07. The van der Waals surface area contributed by atoms with Gasteiger partial charge in [-0.3, -0.25) is 0 Å². The average Bonchev–Trinajstić information content (AvgIpc) is 2.84. The number of urea groups is 1. The van der Waals surface area contributed by atoms with Crippen LogP contribution in [0.5, 0.6) is 0 Å². The highest BCUT2D eigenvalue weighted by Crippen LogP contribution is 2.18. The van der Waals surface area contributed by atoms with Gasteiger partial charge in [-0.2, -0.15) is 0 Å². The van der Waals surface area contributed by atoms with Gasteiger partial charge in [0.2, 0.25) is 0 Å². The summed E-state index contributed by atoms with van der Waals surface area (Å²) in [7, 11) is 0. The molecular weight excluding hydrogens is 238 g/mol. The number of hydrogen-bond acceptors (Lipinski definition) is 2. The molecule has 0 radical (unpaired) electrons. The second-order valence-electron chi connectivity index (χ2n) is 4.71. The van der Waals surface area contributed by atoms with Crippen LogP contribution in [0.3, 0.4) is 0 Å². The lowest BCUT2D eigenvalue weighted by atomic mass is 10.1. The highest BCUT2D eigenvalue weighted by molar-refractivity contribution is 5.85. The van der Waals surface area contributed by atoms with Gasteiger partial charge in [-0.25, -0.2) is 4.79 Å². The van der Waals surface area contributed by atoms with Gasteiger partial charge >= 0.3 is 6.03 Å². The van der Waals surface area contributed by atoms with Crippen LogP contribution in [0.1, 0.15) is 0 Å². The van der Waals surface area contributed by atoms with E-state index in [1.807, 2.05) is 17.0 Å². The zero-order valence-electron chi connectivity index (χ0n) is 10.7. The Morgan fingerprint density at radius 1 is 1.16 bits per heavy atom. The number of amides is 2. The SMILES string of the molecule is O=C1NCCN1CCNc1ccc2ccccc2c1. The summed E-state index contributed by atoms with van der Waals surface area (Å²) in [5.41, 5.74) is 1.10. The molecule has 0 atom stereocenters.